The number of halogens is 1. The van der Waals surface area contributed by atoms with Gasteiger partial charge < -0.3 is 16.4 Å². The first-order chi connectivity index (χ1) is 17.5. The molecule has 0 aromatic heterocycles. The highest BCUT2D eigenvalue weighted by Crippen LogP contribution is 2.28. The lowest BCUT2D eigenvalue weighted by Gasteiger charge is -2.39. The number of hydrogen-bond acceptors (Lipinski definition) is 7. The van der Waals surface area contributed by atoms with Crippen molar-refractivity contribution in [1.82, 2.24) is 19.0 Å². The fraction of sp³-hybridized carbons (Fsp3) is 0.500. The lowest BCUT2D eigenvalue weighted by Crippen LogP contribution is -2.51. The number of sulfonamides is 1. The molecule has 0 aliphatic carbocycles. The van der Waals surface area contributed by atoms with Gasteiger partial charge in [-0.05, 0) is 62.0 Å². The first kappa shape index (κ1) is 29.2. The molecule has 2 aliphatic heterocycles. The fourth-order valence-corrected chi connectivity index (χ4v) is 6.26. The molecule has 204 valence electrons. The minimum absolute atomic E-state index is 0.0187. The number of piperazine rings is 1. The number of allylic oxidation sites excluding steroid dienone is 1. The van der Waals surface area contributed by atoms with Gasteiger partial charge in [-0.25, -0.2) is 12.7 Å². The number of nitrogens with zero attached hydrogens (tertiary/aromatic N) is 4. The SMILES string of the molecule is C=C(N)/C=C(\C=C/N)CN1CCC(C(=O)N2CCN(Cc3c(Cl)cccc3S(=O)(=O)N(C)C)CC2)CC1. The second kappa shape index (κ2) is 12.9. The zero-order valence-electron chi connectivity index (χ0n) is 21.8. The molecule has 0 bridgehead atoms. The van der Waals surface area contributed by atoms with Crippen molar-refractivity contribution in [1.29, 1.82) is 0 Å². The average Bonchev–Trinajstić information content (AvgIpc) is 2.85. The minimum atomic E-state index is -3.61. The Morgan fingerprint density at radius 1 is 1.14 bits per heavy atom. The molecule has 2 heterocycles. The van der Waals surface area contributed by atoms with Crippen molar-refractivity contribution in [2.24, 2.45) is 17.4 Å². The van der Waals surface area contributed by atoms with E-state index >= 15 is 0 Å². The van der Waals surface area contributed by atoms with E-state index in [9.17, 15) is 13.2 Å². The molecule has 1 amide bonds. The van der Waals surface area contributed by atoms with Gasteiger partial charge in [-0.3, -0.25) is 14.6 Å². The van der Waals surface area contributed by atoms with Crippen LogP contribution in [0.25, 0.3) is 0 Å². The summed E-state index contributed by atoms with van der Waals surface area (Å²) in [5.41, 5.74) is 13.4. The molecule has 0 atom stereocenters. The molecule has 3 rings (SSSR count). The summed E-state index contributed by atoms with van der Waals surface area (Å²) >= 11 is 6.42. The molecule has 2 aliphatic rings. The summed E-state index contributed by atoms with van der Waals surface area (Å²) in [6.45, 7) is 9.10. The van der Waals surface area contributed by atoms with Crippen molar-refractivity contribution in [3.8, 4) is 0 Å². The summed E-state index contributed by atoms with van der Waals surface area (Å²) in [7, 11) is -0.586. The fourth-order valence-electron chi connectivity index (χ4n) is 4.84. The van der Waals surface area contributed by atoms with E-state index in [0.717, 1.165) is 38.0 Å². The van der Waals surface area contributed by atoms with E-state index in [0.29, 0.717) is 49.0 Å². The maximum Gasteiger partial charge on any atom is 0.242 e. The monoisotopic (exact) mass is 550 g/mol. The van der Waals surface area contributed by atoms with Crippen LogP contribution in [0.3, 0.4) is 0 Å². The van der Waals surface area contributed by atoms with E-state index in [-0.39, 0.29) is 16.7 Å². The number of hydrogen-bond donors (Lipinski definition) is 2. The molecule has 0 radical (unpaired) electrons. The topological polar surface area (TPSA) is 116 Å². The lowest BCUT2D eigenvalue weighted by molar-refractivity contribution is -0.138. The van der Waals surface area contributed by atoms with Gasteiger partial charge in [0.05, 0.1) is 4.90 Å². The van der Waals surface area contributed by atoms with Gasteiger partial charge in [-0.15, -0.1) is 0 Å². The Bertz CT molecular complexity index is 1130. The van der Waals surface area contributed by atoms with Gasteiger partial charge in [0, 0.05) is 75.6 Å². The normalized spacial score (nSPS) is 19.1. The summed E-state index contributed by atoms with van der Waals surface area (Å²) in [4.78, 5) is 19.9. The zero-order valence-corrected chi connectivity index (χ0v) is 23.3. The second-order valence-corrected chi connectivity index (χ2v) is 12.3. The largest absolute Gasteiger partial charge is 0.405 e. The number of amides is 1. The maximum atomic E-state index is 13.2. The third-order valence-electron chi connectivity index (χ3n) is 6.92. The number of benzene rings is 1. The number of likely N-dealkylation sites (tertiary alicyclic amines) is 1. The van der Waals surface area contributed by atoms with Gasteiger partial charge in [-0.2, -0.15) is 0 Å². The summed E-state index contributed by atoms with van der Waals surface area (Å²) in [6, 6.07) is 4.97. The van der Waals surface area contributed by atoms with Gasteiger partial charge in [0.25, 0.3) is 0 Å². The Morgan fingerprint density at radius 3 is 2.35 bits per heavy atom. The molecular weight excluding hydrogens is 512 g/mol. The molecular formula is C26H39ClN6O3S. The van der Waals surface area contributed by atoms with Gasteiger partial charge in [0.2, 0.25) is 15.9 Å². The standard InChI is InChI=1S/C26H39ClN6O3S/c1-20(29)17-21(7-10-28)18-31-11-8-22(9-12-31)26(34)33-15-13-32(14-16-33)19-23-24(27)5-4-6-25(23)37(35,36)30(2)3/h4-7,10,17,22H,1,8-9,11-16,18-19,28-29H2,2-3H3/b10-7-,21-17+. The van der Waals surface area contributed by atoms with Crippen LogP contribution in [0.4, 0.5) is 0 Å². The average molecular weight is 551 g/mol. The van der Waals surface area contributed by atoms with E-state index in [2.05, 4.69) is 16.4 Å². The highest BCUT2D eigenvalue weighted by molar-refractivity contribution is 7.89. The molecule has 0 saturated carbocycles. The van der Waals surface area contributed by atoms with Crippen molar-refractivity contribution in [2.75, 3.05) is 59.9 Å². The predicted octanol–water partition coefficient (Wildman–Crippen LogP) is 1.82. The molecule has 37 heavy (non-hydrogen) atoms. The molecule has 1 aromatic rings. The number of carbonyl (C=O) groups is 1. The number of rotatable bonds is 9. The van der Waals surface area contributed by atoms with Crippen LogP contribution in [-0.4, -0.2) is 93.2 Å². The summed E-state index contributed by atoms with van der Waals surface area (Å²) in [5, 5.41) is 0.434. The zero-order chi connectivity index (χ0) is 27.2. The van der Waals surface area contributed by atoms with Crippen LogP contribution in [0.1, 0.15) is 18.4 Å². The quantitative estimate of drug-likeness (QED) is 0.450. The Hall–Kier alpha value is -2.37. The number of nitrogens with two attached hydrogens (primary N) is 2. The third-order valence-corrected chi connectivity index (χ3v) is 9.18. The van der Waals surface area contributed by atoms with Crippen molar-refractivity contribution < 1.29 is 13.2 Å². The Labute approximate surface area is 226 Å². The van der Waals surface area contributed by atoms with Crippen LogP contribution in [0.15, 0.2) is 59.3 Å². The Kier molecular flexibility index (Phi) is 10.2. The molecule has 0 spiro atoms. The van der Waals surface area contributed by atoms with E-state index in [1.54, 1.807) is 18.2 Å². The highest BCUT2D eigenvalue weighted by Gasteiger charge is 2.31. The van der Waals surface area contributed by atoms with Crippen molar-refractivity contribution in [3.05, 3.63) is 65.0 Å². The van der Waals surface area contributed by atoms with Crippen LogP contribution < -0.4 is 11.5 Å². The van der Waals surface area contributed by atoms with Crippen molar-refractivity contribution >= 4 is 27.5 Å². The van der Waals surface area contributed by atoms with Gasteiger partial charge in [-0.1, -0.05) is 24.2 Å². The highest BCUT2D eigenvalue weighted by atomic mass is 35.5. The molecule has 0 unspecified atom stereocenters. The molecule has 11 heteroatoms. The lowest BCUT2D eigenvalue weighted by atomic mass is 9.94. The predicted molar refractivity (Wildman–Crippen MR) is 148 cm³/mol. The molecule has 2 fully saturated rings. The maximum absolute atomic E-state index is 13.2. The molecule has 9 nitrogen and oxygen atoms in total. The van der Waals surface area contributed by atoms with Gasteiger partial charge in [0.1, 0.15) is 0 Å². The van der Waals surface area contributed by atoms with Crippen LogP contribution in [-0.2, 0) is 21.4 Å². The Morgan fingerprint density at radius 2 is 1.78 bits per heavy atom. The minimum Gasteiger partial charge on any atom is -0.405 e. The smallest absolute Gasteiger partial charge is 0.242 e. The van der Waals surface area contributed by atoms with Crippen LogP contribution in [0.5, 0.6) is 0 Å². The second-order valence-electron chi connectivity index (χ2n) is 9.81. The Balaban J connectivity index is 1.54. The molecule has 1 aromatic carbocycles. The van der Waals surface area contributed by atoms with E-state index in [1.807, 2.05) is 17.1 Å². The number of piperidine rings is 1. The third kappa shape index (κ3) is 7.58. The van der Waals surface area contributed by atoms with Crippen LogP contribution in [0, 0.1) is 5.92 Å². The van der Waals surface area contributed by atoms with Crippen molar-refractivity contribution in [3.63, 3.8) is 0 Å². The van der Waals surface area contributed by atoms with Crippen LogP contribution in [0.2, 0.25) is 5.02 Å². The van der Waals surface area contributed by atoms with Crippen molar-refractivity contribution in [2.45, 2.75) is 24.3 Å². The molecule has 4 N–H and O–H groups in total. The molecule has 2 saturated heterocycles. The first-order valence-corrected chi connectivity index (χ1v) is 14.3. The van der Waals surface area contributed by atoms with E-state index in [1.165, 1.54) is 24.6 Å². The van der Waals surface area contributed by atoms with Gasteiger partial charge >= 0.3 is 0 Å². The summed E-state index contributed by atoms with van der Waals surface area (Å²) in [6.07, 6.45) is 6.78. The van der Waals surface area contributed by atoms with E-state index < -0.39 is 10.0 Å². The number of carbonyl (C=O) groups excluding carboxylic acids is 1. The summed E-state index contributed by atoms with van der Waals surface area (Å²) in [5.74, 6) is 0.228. The summed E-state index contributed by atoms with van der Waals surface area (Å²) < 4.78 is 26.8. The van der Waals surface area contributed by atoms with Gasteiger partial charge in [0.15, 0.2) is 0 Å². The van der Waals surface area contributed by atoms with Crippen LogP contribution >= 0.6 is 11.6 Å². The van der Waals surface area contributed by atoms with E-state index in [4.69, 9.17) is 23.1 Å². The first-order valence-electron chi connectivity index (χ1n) is 12.5.